The third-order valence-corrected chi connectivity index (χ3v) is 3.86. The minimum Gasteiger partial charge on any atom is -0.378 e. The van der Waals surface area contributed by atoms with Crippen LogP contribution in [0.4, 0.5) is 0 Å². The highest BCUT2D eigenvalue weighted by Gasteiger charge is 2.31. The number of hydrogen-bond acceptors (Lipinski definition) is 4. The maximum Gasteiger partial charge on any atom is 0.138 e. The average molecular weight is 252 g/mol. The molecule has 0 spiro atoms. The fraction of sp³-hybridized carbons (Fsp3) is 0.846. The lowest BCUT2D eigenvalue weighted by Gasteiger charge is -2.25. The van der Waals surface area contributed by atoms with Crippen molar-refractivity contribution in [2.75, 3.05) is 13.7 Å². The quantitative estimate of drug-likeness (QED) is 0.827. The molecule has 0 amide bonds. The van der Waals surface area contributed by atoms with Gasteiger partial charge in [-0.2, -0.15) is 5.10 Å². The summed E-state index contributed by atoms with van der Waals surface area (Å²) >= 11 is 0. The number of ether oxygens (including phenoxy) is 1. The summed E-state index contributed by atoms with van der Waals surface area (Å²) in [4.78, 5) is 4.39. The van der Waals surface area contributed by atoms with Gasteiger partial charge in [-0.05, 0) is 26.8 Å². The second kappa shape index (κ2) is 6.29. The van der Waals surface area contributed by atoms with Gasteiger partial charge in [0.15, 0.2) is 0 Å². The SMILES string of the molecule is CCCn1ncnc1CC(NC)C1CCOC1C. The molecular weight excluding hydrogens is 228 g/mol. The third-order valence-electron chi connectivity index (χ3n) is 3.86. The number of nitrogens with zero attached hydrogens (tertiary/aromatic N) is 3. The van der Waals surface area contributed by atoms with Crippen molar-refractivity contribution < 1.29 is 4.74 Å². The Morgan fingerprint density at radius 2 is 2.44 bits per heavy atom. The zero-order chi connectivity index (χ0) is 13.0. The van der Waals surface area contributed by atoms with E-state index in [0.717, 1.165) is 38.2 Å². The van der Waals surface area contributed by atoms with E-state index < -0.39 is 0 Å². The van der Waals surface area contributed by atoms with Crippen LogP contribution in [0.1, 0.15) is 32.5 Å². The topological polar surface area (TPSA) is 52.0 Å². The Hall–Kier alpha value is -0.940. The maximum absolute atomic E-state index is 5.66. The summed E-state index contributed by atoms with van der Waals surface area (Å²) in [6.45, 7) is 6.15. The zero-order valence-electron chi connectivity index (χ0n) is 11.6. The molecule has 0 aliphatic carbocycles. The molecule has 1 aliphatic heterocycles. The van der Waals surface area contributed by atoms with Crippen molar-refractivity contribution in [3.63, 3.8) is 0 Å². The van der Waals surface area contributed by atoms with Crippen molar-refractivity contribution in [3.05, 3.63) is 12.2 Å². The first-order chi connectivity index (χ1) is 8.76. The van der Waals surface area contributed by atoms with Crippen molar-refractivity contribution in [2.24, 2.45) is 5.92 Å². The van der Waals surface area contributed by atoms with Gasteiger partial charge in [0, 0.05) is 31.5 Å². The highest BCUT2D eigenvalue weighted by Crippen LogP contribution is 2.25. The number of aryl methyl sites for hydroxylation is 1. The van der Waals surface area contributed by atoms with Gasteiger partial charge in [0.05, 0.1) is 6.10 Å². The Labute approximate surface area is 109 Å². The van der Waals surface area contributed by atoms with Gasteiger partial charge in [0.25, 0.3) is 0 Å². The van der Waals surface area contributed by atoms with Crippen LogP contribution in [0, 0.1) is 5.92 Å². The van der Waals surface area contributed by atoms with E-state index in [1.165, 1.54) is 0 Å². The predicted octanol–water partition coefficient (Wildman–Crippen LogP) is 1.24. The van der Waals surface area contributed by atoms with Gasteiger partial charge < -0.3 is 10.1 Å². The Kier molecular flexibility index (Phi) is 4.72. The molecule has 5 nitrogen and oxygen atoms in total. The highest BCUT2D eigenvalue weighted by atomic mass is 16.5. The molecular formula is C13H24N4O. The molecule has 2 rings (SSSR count). The number of aromatic nitrogens is 3. The zero-order valence-corrected chi connectivity index (χ0v) is 11.6. The first-order valence-corrected chi connectivity index (χ1v) is 6.91. The molecule has 3 atom stereocenters. The van der Waals surface area contributed by atoms with Crippen LogP contribution < -0.4 is 5.32 Å². The molecule has 1 fully saturated rings. The summed E-state index contributed by atoms with van der Waals surface area (Å²) in [5.74, 6) is 1.65. The largest absolute Gasteiger partial charge is 0.378 e. The van der Waals surface area contributed by atoms with Crippen molar-refractivity contribution in [3.8, 4) is 0 Å². The lowest BCUT2D eigenvalue weighted by atomic mass is 9.91. The summed E-state index contributed by atoms with van der Waals surface area (Å²) in [5, 5.41) is 7.71. The summed E-state index contributed by atoms with van der Waals surface area (Å²) in [6, 6.07) is 0.419. The molecule has 1 aliphatic rings. The number of rotatable bonds is 6. The summed E-state index contributed by atoms with van der Waals surface area (Å²) in [7, 11) is 2.02. The molecule has 3 unspecified atom stereocenters. The molecule has 2 heterocycles. The smallest absolute Gasteiger partial charge is 0.138 e. The van der Waals surface area contributed by atoms with Gasteiger partial charge in [-0.25, -0.2) is 4.98 Å². The first kappa shape index (κ1) is 13.5. The fourth-order valence-corrected chi connectivity index (χ4v) is 2.79. The van der Waals surface area contributed by atoms with Gasteiger partial charge in [-0.1, -0.05) is 6.92 Å². The van der Waals surface area contributed by atoms with Crippen molar-refractivity contribution in [1.29, 1.82) is 0 Å². The number of likely N-dealkylation sites (N-methyl/N-ethyl adjacent to an activating group) is 1. The third kappa shape index (κ3) is 2.90. The molecule has 18 heavy (non-hydrogen) atoms. The Morgan fingerprint density at radius 1 is 1.61 bits per heavy atom. The fourth-order valence-electron chi connectivity index (χ4n) is 2.79. The molecule has 1 aromatic heterocycles. The van der Waals surface area contributed by atoms with Crippen LogP contribution in [0.3, 0.4) is 0 Å². The average Bonchev–Trinajstić information content (AvgIpc) is 2.96. The second-order valence-electron chi connectivity index (χ2n) is 5.03. The Bertz CT molecular complexity index is 366. The predicted molar refractivity (Wildman–Crippen MR) is 70.4 cm³/mol. The lowest BCUT2D eigenvalue weighted by molar-refractivity contribution is 0.0959. The number of nitrogens with one attached hydrogen (secondary N) is 1. The normalized spacial score (nSPS) is 25.5. The van der Waals surface area contributed by atoms with Crippen LogP contribution in [0.2, 0.25) is 0 Å². The van der Waals surface area contributed by atoms with E-state index in [-0.39, 0.29) is 0 Å². The number of hydrogen-bond donors (Lipinski definition) is 1. The van der Waals surface area contributed by atoms with Crippen LogP contribution in [0.25, 0.3) is 0 Å². The molecule has 0 saturated carbocycles. The van der Waals surface area contributed by atoms with E-state index >= 15 is 0 Å². The van der Waals surface area contributed by atoms with Crippen LogP contribution in [-0.2, 0) is 17.7 Å². The van der Waals surface area contributed by atoms with Crippen LogP contribution in [0.15, 0.2) is 6.33 Å². The minimum absolute atomic E-state index is 0.338. The van der Waals surface area contributed by atoms with E-state index in [1.807, 2.05) is 11.7 Å². The lowest BCUT2D eigenvalue weighted by Crippen LogP contribution is -2.39. The molecule has 102 valence electrons. The maximum atomic E-state index is 5.66. The van der Waals surface area contributed by atoms with Gasteiger partial charge >= 0.3 is 0 Å². The molecule has 1 aromatic rings. The highest BCUT2D eigenvalue weighted by molar-refractivity contribution is 4.94. The van der Waals surface area contributed by atoms with Gasteiger partial charge in [0.1, 0.15) is 12.2 Å². The van der Waals surface area contributed by atoms with Crippen molar-refractivity contribution in [1.82, 2.24) is 20.1 Å². The Morgan fingerprint density at radius 3 is 3.06 bits per heavy atom. The summed E-state index contributed by atoms with van der Waals surface area (Å²) in [6.07, 6.45) is 5.14. The van der Waals surface area contributed by atoms with E-state index in [4.69, 9.17) is 4.74 Å². The van der Waals surface area contributed by atoms with Crippen LogP contribution in [0.5, 0.6) is 0 Å². The van der Waals surface area contributed by atoms with Crippen molar-refractivity contribution >= 4 is 0 Å². The molecule has 0 aromatic carbocycles. The van der Waals surface area contributed by atoms with Gasteiger partial charge in [-0.3, -0.25) is 4.68 Å². The molecule has 0 bridgehead atoms. The first-order valence-electron chi connectivity index (χ1n) is 6.91. The minimum atomic E-state index is 0.338. The van der Waals surface area contributed by atoms with Crippen molar-refractivity contribution in [2.45, 2.75) is 51.8 Å². The van der Waals surface area contributed by atoms with Crippen LogP contribution in [-0.4, -0.2) is 40.6 Å². The Balaban J connectivity index is 2.03. The van der Waals surface area contributed by atoms with E-state index in [0.29, 0.717) is 18.1 Å². The summed E-state index contributed by atoms with van der Waals surface area (Å²) < 4.78 is 7.68. The van der Waals surface area contributed by atoms with Gasteiger partial charge in [-0.15, -0.1) is 0 Å². The van der Waals surface area contributed by atoms with E-state index in [2.05, 4.69) is 29.2 Å². The van der Waals surface area contributed by atoms with Crippen LogP contribution >= 0.6 is 0 Å². The molecule has 1 N–H and O–H groups in total. The van der Waals surface area contributed by atoms with E-state index in [1.54, 1.807) is 6.33 Å². The molecule has 0 radical (unpaired) electrons. The standard InChI is InChI=1S/C13H24N4O/c1-4-6-17-13(15-9-16-17)8-12(14-3)11-5-7-18-10(11)2/h9-12,14H,4-8H2,1-3H3. The molecule has 1 saturated heterocycles. The monoisotopic (exact) mass is 252 g/mol. The molecule has 5 heteroatoms. The second-order valence-corrected chi connectivity index (χ2v) is 5.03. The van der Waals surface area contributed by atoms with E-state index in [9.17, 15) is 0 Å². The summed E-state index contributed by atoms with van der Waals surface area (Å²) in [5.41, 5.74) is 0. The van der Waals surface area contributed by atoms with Gasteiger partial charge in [0.2, 0.25) is 0 Å².